The number of nitrogens with zero attached hydrogens (tertiary/aromatic N) is 5. The standard InChI is InChI=1S/C53H63ClF3N9O9S2/c1-2-74-50(68)8-5-3-4-7-49(67)66-29-23-63(24-30-66)22-6-19-59-46-16-14-43(33-48(46)76(70,71)53(55,56)57)77(72,73)62-52(69)44-15-13-41(32-47(44)75-42-31-38-18-21-60-51(38)61-34-42)65-27-25-64(26-28-65)36-39-17-20-58-35-45(39)37-9-11-40(54)12-10-37/h9-16,18,21,31-34,58-59H,2-8,17,19-20,22-30,35-36H2,1H3,(H,60,61)(H,62,69). The first-order valence-electron chi connectivity index (χ1n) is 25.7. The molecule has 0 saturated carbocycles. The van der Waals surface area contributed by atoms with E-state index >= 15 is 0 Å². The van der Waals surface area contributed by atoms with Gasteiger partial charge in [0.15, 0.2) is 0 Å². The molecule has 18 nitrogen and oxygen atoms in total. The summed E-state index contributed by atoms with van der Waals surface area (Å²) in [5, 5.41) is 7.58. The molecule has 3 aromatic carbocycles. The molecule has 24 heteroatoms. The summed E-state index contributed by atoms with van der Waals surface area (Å²) in [5.41, 5.74) is -1.48. The lowest BCUT2D eigenvalue weighted by molar-refractivity contribution is -0.143. The van der Waals surface area contributed by atoms with E-state index < -0.39 is 46.8 Å². The minimum Gasteiger partial charge on any atom is -0.466 e. The number of nitrogens with one attached hydrogen (secondary N) is 4. The van der Waals surface area contributed by atoms with Gasteiger partial charge in [-0.15, -0.1) is 0 Å². The SMILES string of the molecule is CCOC(=O)CCCCCC(=O)N1CCN(CCCNc2ccc(S(=O)(=O)NC(=O)c3ccc(N4CCN(CC5=C(c6ccc(Cl)cc6)CNCC5)CC4)cc3Oc3cnc4[nH]ccc4c3)cc2S(=O)(=O)C(F)(F)F)CC1. The lowest BCUT2D eigenvalue weighted by atomic mass is 9.94. The zero-order valence-electron chi connectivity index (χ0n) is 42.7. The van der Waals surface area contributed by atoms with Crippen molar-refractivity contribution in [2.24, 2.45) is 0 Å². The summed E-state index contributed by atoms with van der Waals surface area (Å²) in [6.07, 6.45) is 7.11. The second kappa shape index (κ2) is 25.5. The first-order chi connectivity index (χ1) is 36.9. The number of hydrogen-bond donors (Lipinski definition) is 4. The van der Waals surface area contributed by atoms with Gasteiger partial charge in [0.1, 0.15) is 22.0 Å². The van der Waals surface area contributed by atoms with Crippen molar-refractivity contribution in [2.45, 2.75) is 67.2 Å². The maximum absolute atomic E-state index is 14.2. The first-order valence-corrected chi connectivity index (χ1v) is 29.0. The Kier molecular flexibility index (Phi) is 18.8. The van der Waals surface area contributed by atoms with Crippen LogP contribution in [0.5, 0.6) is 11.5 Å². The number of sulfone groups is 1. The number of carbonyl (C=O) groups is 3. The zero-order chi connectivity index (χ0) is 54.7. The maximum Gasteiger partial charge on any atom is 0.501 e. The number of alkyl halides is 3. The molecule has 8 rings (SSSR count). The number of pyridine rings is 1. The number of halogens is 4. The third-order valence-electron chi connectivity index (χ3n) is 13.8. The molecule has 5 aromatic rings. The van der Waals surface area contributed by atoms with Gasteiger partial charge in [0.05, 0.1) is 29.0 Å². The van der Waals surface area contributed by atoms with Crippen LogP contribution in [0.1, 0.15) is 67.8 Å². The fourth-order valence-electron chi connectivity index (χ4n) is 9.64. The topological polar surface area (TPSA) is 216 Å². The smallest absolute Gasteiger partial charge is 0.466 e. The maximum atomic E-state index is 14.2. The van der Waals surface area contributed by atoms with Crippen LogP contribution in [0.3, 0.4) is 0 Å². The van der Waals surface area contributed by atoms with Gasteiger partial charge in [0, 0.05) is 113 Å². The number of H-pyrrole nitrogens is 1. The van der Waals surface area contributed by atoms with Gasteiger partial charge in [-0.25, -0.2) is 26.5 Å². The molecule has 3 aliphatic heterocycles. The van der Waals surface area contributed by atoms with Gasteiger partial charge in [-0.05, 0) is 117 Å². The number of hydrogen-bond acceptors (Lipinski definition) is 15. The molecular formula is C53H63ClF3N9O9S2. The van der Waals surface area contributed by atoms with Crippen molar-refractivity contribution in [3.8, 4) is 11.5 Å². The Morgan fingerprint density at radius 1 is 0.831 bits per heavy atom. The van der Waals surface area contributed by atoms with Gasteiger partial charge in [-0.1, -0.05) is 30.2 Å². The molecule has 77 heavy (non-hydrogen) atoms. The average Bonchev–Trinajstić information content (AvgIpc) is 3.89. The van der Waals surface area contributed by atoms with Crippen molar-refractivity contribution in [3.05, 3.63) is 107 Å². The van der Waals surface area contributed by atoms with E-state index in [4.69, 9.17) is 21.1 Å². The van der Waals surface area contributed by atoms with Crippen molar-refractivity contribution < 1.29 is 53.9 Å². The Morgan fingerprint density at radius 3 is 2.31 bits per heavy atom. The molecular weight excluding hydrogens is 1060 g/mol. The first kappa shape index (κ1) is 56.9. The van der Waals surface area contributed by atoms with Crippen LogP contribution >= 0.6 is 11.6 Å². The van der Waals surface area contributed by atoms with Crippen molar-refractivity contribution in [1.82, 2.24) is 34.7 Å². The summed E-state index contributed by atoms with van der Waals surface area (Å²) in [6, 6.07) is 18.2. The molecule has 0 aliphatic carbocycles. The number of aromatic amines is 1. The fraction of sp³-hybridized carbons (Fsp3) is 0.434. The number of rotatable bonds is 22. The molecule has 2 aromatic heterocycles. The predicted molar refractivity (Wildman–Crippen MR) is 287 cm³/mol. The Morgan fingerprint density at radius 2 is 1.57 bits per heavy atom. The van der Waals surface area contributed by atoms with Crippen molar-refractivity contribution in [3.63, 3.8) is 0 Å². The van der Waals surface area contributed by atoms with E-state index in [1.165, 1.54) is 23.4 Å². The number of benzene rings is 3. The second-order valence-electron chi connectivity index (χ2n) is 19.1. The monoisotopic (exact) mass is 1130 g/mol. The van der Waals surface area contributed by atoms with Gasteiger partial charge in [-0.2, -0.15) is 13.2 Å². The van der Waals surface area contributed by atoms with Crippen LogP contribution in [0, 0.1) is 0 Å². The molecule has 0 atom stereocenters. The summed E-state index contributed by atoms with van der Waals surface area (Å²) in [6.45, 7) is 9.80. The minimum absolute atomic E-state index is 0.0191. The fourth-order valence-corrected chi connectivity index (χ4v) is 11.8. The number of aromatic nitrogens is 2. The Bertz CT molecular complexity index is 3160. The Balaban J connectivity index is 0.917. The largest absolute Gasteiger partial charge is 0.501 e. The predicted octanol–water partition coefficient (Wildman–Crippen LogP) is 7.45. The van der Waals surface area contributed by atoms with Crippen molar-refractivity contribution in [1.29, 1.82) is 0 Å². The van der Waals surface area contributed by atoms with Crippen molar-refractivity contribution in [2.75, 3.05) is 102 Å². The summed E-state index contributed by atoms with van der Waals surface area (Å²) in [7, 11) is -11.1. The van der Waals surface area contributed by atoms with Crippen LogP contribution in [-0.2, 0) is 34.2 Å². The zero-order valence-corrected chi connectivity index (χ0v) is 45.1. The highest BCUT2D eigenvalue weighted by molar-refractivity contribution is 7.92. The third-order valence-corrected chi connectivity index (χ3v) is 16.9. The number of unbranched alkanes of at least 4 members (excludes halogenated alkanes) is 2. The number of carbonyl (C=O) groups excluding carboxylic acids is 3. The Labute approximate surface area is 451 Å². The van der Waals surface area contributed by atoms with E-state index in [9.17, 15) is 44.4 Å². The van der Waals surface area contributed by atoms with Crippen LogP contribution in [0.2, 0.25) is 5.02 Å². The van der Waals surface area contributed by atoms with E-state index in [2.05, 4.69) is 35.3 Å². The van der Waals surface area contributed by atoms with E-state index in [1.54, 1.807) is 42.3 Å². The van der Waals surface area contributed by atoms with E-state index in [1.807, 2.05) is 29.0 Å². The van der Waals surface area contributed by atoms with Crippen molar-refractivity contribution >= 4 is 77.2 Å². The van der Waals surface area contributed by atoms with Gasteiger partial charge >= 0.3 is 11.5 Å². The molecule has 2 fully saturated rings. The number of sulfonamides is 1. The van der Waals surface area contributed by atoms with E-state index in [0.29, 0.717) is 112 Å². The highest BCUT2D eigenvalue weighted by Gasteiger charge is 2.48. The molecule has 2 amide bonds. The number of amides is 2. The molecule has 0 bridgehead atoms. The number of piperazine rings is 2. The second-order valence-corrected chi connectivity index (χ2v) is 23.1. The third kappa shape index (κ3) is 14.7. The van der Waals surface area contributed by atoms with Crippen LogP contribution in [0.15, 0.2) is 101 Å². The van der Waals surface area contributed by atoms with Gasteiger partial charge in [-0.3, -0.25) is 24.2 Å². The molecule has 414 valence electrons. The van der Waals surface area contributed by atoms with Crippen LogP contribution in [0.4, 0.5) is 24.5 Å². The number of esters is 1. The number of ether oxygens (including phenoxy) is 2. The van der Waals surface area contributed by atoms with E-state index in [-0.39, 0.29) is 35.5 Å². The van der Waals surface area contributed by atoms with Crippen LogP contribution < -0.4 is 25.0 Å². The average molecular weight is 1130 g/mol. The summed E-state index contributed by atoms with van der Waals surface area (Å²) in [5.74, 6) is -1.22. The number of anilines is 2. The van der Waals surface area contributed by atoms with Crippen LogP contribution in [0.25, 0.3) is 16.6 Å². The summed E-state index contributed by atoms with van der Waals surface area (Å²) in [4.78, 5) is 51.9. The lowest BCUT2D eigenvalue weighted by Gasteiger charge is -2.37. The Hall–Kier alpha value is -6.24. The quantitative estimate of drug-likeness (QED) is 0.0391. The molecule has 2 saturated heterocycles. The molecule has 4 N–H and O–H groups in total. The molecule has 0 unspecified atom stereocenters. The summed E-state index contributed by atoms with van der Waals surface area (Å²) < 4.78 is 109. The van der Waals surface area contributed by atoms with E-state index in [0.717, 1.165) is 63.3 Å². The number of fused-ring (bicyclic) bond motifs is 1. The highest BCUT2D eigenvalue weighted by atomic mass is 35.5. The molecule has 5 heterocycles. The van der Waals surface area contributed by atoms with Gasteiger partial charge in [0.25, 0.3) is 25.8 Å². The van der Waals surface area contributed by atoms with Gasteiger partial charge < -0.3 is 34.9 Å². The van der Waals surface area contributed by atoms with Gasteiger partial charge in [0.2, 0.25) is 5.91 Å². The molecule has 3 aliphatic rings. The highest BCUT2D eigenvalue weighted by Crippen LogP contribution is 2.37. The summed E-state index contributed by atoms with van der Waals surface area (Å²) >= 11 is 6.17. The normalized spacial score (nSPS) is 16.2. The molecule has 0 radical (unpaired) electrons. The molecule has 0 spiro atoms. The minimum atomic E-state index is -6.11. The van der Waals surface area contributed by atoms with Crippen LogP contribution in [-0.4, -0.2) is 156 Å². The lowest BCUT2D eigenvalue weighted by Crippen LogP contribution is -2.48.